The second-order valence-corrected chi connectivity index (χ2v) is 28.1. The summed E-state index contributed by atoms with van der Waals surface area (Å²) in [6, 6.07) is 1.49. The van der Waals surface area contributed by atoms with E-state index in [9.17, 15) is 67.7 Å². The third kappa shape index (κ3) is 20.4. The molecule has 3 saturated heterocycles. The van der Waals surface area contributed by atoms with E-state index in [0.29, 0.717) is 27.7 Å². The summed E-state index contributed by atoms with van der Waals surface area (Å²) in [5, 5.41) is 54.1. The van der Waals surface area contributed by atoms with Crippen LogP contribution in [0, 0.1) is 11.8 Å². The molecule has 34 heteroatoms. The van der Waals surface area contributed by atoms with Crippen molar-refractivity contribution in [2.75, 3.05) is 26.7 Å². The maximum Gasteiger partial charge on any atom is 0.303 e. The SMILES string of the molecule is CCC[C@@H]1NC(=O)[C@H](CCC(=O)O)NC(=O)CNC(=O)C(CC(C)C)NC(=O)[C@H](Cc2cnc[nH]2)NC(=O)C2(CC2c2c[nH]c3ccccc23)NC(=O)[C@H](C)NC(=O)[C@@H](NC)CCC(=O)N2CCC(C(=O)N[C@H](C(N)=O)C(C)O)(CC2)NC(=O)[C@H](Cc2c[nH]c3ccccc23)NC(=O)[C@H](C(C)C)NC1=O. The second kappa shape index (κ2) is 35.6. The van der Waals surface area contributed by atoms with Crippen molar-refractivity contribution in [1.82, 2.24) is 88.6 Å². The molecule has 1 aliphatic carbocycles. The minimum absolute atomic E-state index is 0.00183. The minimum atomic E-state index is -1.96. The van der Waals surface area contributed by atoms with Gasteiger partial charge in [0, 0.05) is 90.8 Å². The summed E-state index contributed by atoms with van der Waals surface area (Å²) in [5.41, 5.74) is 4.91. The fourth-order valence-corrected chi connectivity index (χ4v) is 13.4. The zero-order valence-corrected chi connectivity index (χ0v) is 60.1. The number of rotatable bonds is 18. The number of carbonyl (C=O) groups excluding carboxylic acids is 13. The van der Waals surface area contributed by atoms with E-state index >= 15 is 9.59 Å². The maximum absolute atomic E-state index is 15.2. The second-order valence-electron chi connectivity index (χ2n) is 28.1. The van der Waals surface area contributed by atoms with Crippen LogP contribution in [0.4, 0.5) is 0 Å². The topological polar surface area (TPSA) is 513 Å². The number of aliphatic hydroxyl groups excluding tert-OH is 1. The number of hydrogen-bond donors (Lipinski definition) is 18. The van der Waals surface area contributed by atoms with Crippen molar-refractivity contribution in [2.24, 2.45) is 17.6 Å². The van der Waals surface area contributed by atoms with Crippen molar-refractivity contribution < 1.29 is 77.3 Å². The first-order valence-electron chi connectivity index (χ1n) is 35.4. The molecule has 13 amide bonds. The molecule has 19 N–H and O–H groups in total. The monoisotopic (exact) mass is 1460 g/mol. The van der Waals surface area contributed by atoms with Crippen molar-refractivity contribution >= 4 is 105 Å². The molecule has 0 radical (unpaired) electrons. The van der Waals surface area contributed by atoms with Gasteiger partial charge in [-0.15, -0.1) is 0 Å². The fourth-order valence-electron chi connectivity index (χ4n) is 13.4. The van der Waals surface area contributed by atoms with Gasteiger partial charge < -0.3 is 99.6 Å². The number of nitrogens with one attached hydrogen (secondary N) is 15. The lowest BCUT2D eigenvalue weighted by atomic mass is 9.85. The van der Waals surface area contributed by atoms with Gasteiger partial charge in [0.25, 0.3) is 0 Å². The van der Waals surface area contributed by atoms with Gasteiger partial charge in [-0.05, 0) is 101 Å². The Morgan fingerprint density at radius 2 is 1.30 bits per heavy atom. The third-order valence-electron chi connectivity index (χ3n) is 19.5. The highest BCUT2D eigenvalue weighted by Gasteiger charge is 2.63. The lowest BCUT2D eigenvalue weighted by Gasteiger charge is -2.42. The first kappa shape index (κ1) is 79.9. The highest BCUT2D eigenvalue weighted by Crippen LogP contribution is 2.53. The molecule has 3 aliphatic heterocycles. The summed E-state index contributed by atoms with van der Waals surface area (Å²) in [6.45, 7) is 9.86. The van der Waals surface area contributed by atoms with Crippen LogP contribution in [0.2, 0.25) is 0 Å². The number of nitrogens with two attached hydrogens (primary N) is 1. The maximum atomic E-state index is 15.2. The van der Waals surface area contributed by atoms with E-state index in [1.54, 1.807) is 77.3 Å². The number of aliphatic carboxylic acids is 1. The van der Waals surface area contributed by atoms with Crippen LogP contribution in [0.25, 0.3) is 21.8 Å². The van der Waals surface area contributed by atoms with Gasteiger partial charge in [0.15, 0.2) is 0 Å². The number of aromatic nitrogens is 4. The number of aliphatic hydroxyl groups is 1. The smallest absolute Gasteiger partial charge is 0.303 e. The molecule has 2 bridgehead atoms. The van der Waals surface area contributed by atoms with Crippen molar-refractivity contribution in [1.29, 1.82) is 0 Å². The van der Waals surface area contributed by atoms with Crippen molar-refractivity contribution in [3.63, 3.8) is 0 Å². The van der Waals surface area contributed by atoms with E-state index in [-0.39, 0.29) is 83.2 Å². The number of carboxylic acid groups (broad SMARTS) is 1. The van der Waals surface area contributed by atoms with E-state index in [4.69, 9.17) is 5.73 Å². The molecule has 1 saturated carbocycles. The number of likely N-dealkylation sites (N-methyl/N-ethyl adjacent to an activating group) is 1. The molecule has 2 aromatic carbocycles. The van der Waals surface area contributed by atoms with Gasteiger partial charge in [-0.25, -0.2) is 4.98 Å². The first-order valence-corrected chi connectivity index (χ1v) is 35.4. The Kier molecular flexibility index (Phi) is 27.1. The summed E-state index contributed by atoms with van der Waals surface area (Å²) in [7, 11) is 1.48. The molecule has 3 aromatic heterocycles. The van der Waals surface area contributed by atoms with Gasteiger partial charge in [-0.1, -0.05) is 77.4 Å². The zero-order chi connectivity index (χ0) is 76.6. The molecule has 1 spiro atoms. The quantitative estimate of drug-likeness (QED) is 0.0435. The number of nitrogens with zero attached hydrogens (tertiary/aromatic N) is 2. The van der Waals surface area contributed by atoms with Crippen LogP contribution >= 0.6 is 0 Å². The van der Waals surface area contributed by atoms with E-state index in [1.165, 1.54) is 38.3 Å². The molecule has 568 valence electrons. The Hall–Kier alpha value is -10.8. The predicted octanol–water partition coefficient (Wildman–Crippen LogP) is -1.69. The van der Waals surface area contributed by atoms with Gasteiger partial charge in [0.2, 0.25) is 76.8 Å². The average Bonchev–Trinajstić information content (AvgIpc) is 1.56. The molecule has 5 aromatic rings. The Morgan fingerprint density at radius 1 is 0.686 bits per heavy atom. The molecule has 4 fully saturated rings. The molecule has 9 rings (SSSR count). The number of hydrogen-bond acceptors (Lipinski definition) is 17. The van der Waals surface area contributed by atoms with Crippen LogP contribution in [-0.2, 0) is 80.0 Å². The van der Waals surface area contributed by atoms with Gasteiger partial charge in [0.1, 0.15) is 59.4 Å². The van der Waals surface area contributed by atoms with Crippen LogP contribution in [0.5, 0.6) is 0 Å². The summed E-state index contributed by atoms with van der Waals surface area (Å²) in [6.07, 6.45) is 2.27. The molecule has 34 nitrogen and oxygen atoms in total. The van der Waals surface area contributed by atoms with E-state index in [2.05, 4.69) is 83.7 Å². The number of fused-ring (bicyclic) bond motifs is 34. The van der Waals surface area contributed by atoms with Crippen LogP contribution in [0.15, 0.2) is 73.4 Å². The standard InChI is InChI=1S/C71H98N18O16/c1-9-14-49-64(100)85-57(37(4)5)67(103)83-52(28-40-31-75-46-17-12-10-15-42(40)46)66(102)87-70(68(104)86-58(39(7)90)59(72)95)23-25-89(26-24-70)55(92)21-19-48(73-8)62(98)79-38(6)60(96)88-71(30-45(71)44-33-76-47-18-13-11-16-43(44)47)69(105)84-53(29-41-32-74-35-78-41)65(101)82-51(27-36(2)3)61(97)77-34-54(91)80-50(63(99)81-49)20-22-56(93)94/h10-13,15-18,31-33,35-39,45,48-53,57-58,73,75-76,90H,9,14,19-30,34H2,1-8H3,(H2,72,95)(H,74,78)(H,77,97)(H,79,98)(H,80,91)(H,81,99)(H,82,101)(H,83,103)(H,84,105)(H,85,100)(H,86,104)(H,87,102)(H,88,96)(H,93,94)/t38-,39?,45?,48-,49-,50-,51?,52-,53-,57-,58-,71?/m0/s1. The number of carboxylic acids is 1. The van der Waals surface area contributed by atoms with E-state index < -0.39 is 186 Å². The number of primary amides is 1. The summed E-state index contributed by atoms with van der Waals surface area (Å²) in [5.74, 6) is -14.3. The van der Waals surface area contributed by atoms with Crippen molar-refractivity contribution in [2.45, 2.75) is 203 Å². The molecule has 12 atom stereocenters. The average molecular weight is 1460 g/mol. The van der Waals surface area contributed by atoms with Crippen LogP contribution in [-0.4, -0.2) is 216 Å². The minimum Gasteiger partial charge on any atom is -0.481 e. The lowest BCUT2D eigenvalue weighted by molar-refractivity contribution is -0.143. The summed E-state index contributed by atoms with van der Waals surface area (Å²) in [4.78, 5) is 214. The first-order chi connectivity index (χ1) is 49.9. The number of carbonyl (C=O) groups is 14. The lowest BCUT2D eigenvalue weighted by Crippen LogP contribution is -2.68. The fraction of sp³-hybridized carbons (Fsp3) is 0.535. The van der Waals surface area contributed by atoms with Gasteiger partial charge in [-0.2, -0.15) is 0 Å². The normalized spacial score (nSPS) is 26.4. The van der Waals surface area contributed by atoms with Gasteiger partial charge >= 0.3 is 5.97 Å². The zero-order valence-electron chi connectivity index (χ0n) is 60.1. The largest absolute Gasteiger partial charge is 0.481 e. The number of piperidine rings is 1. The predicted molar refractivity (Wildman–Crippen MR) is 381 cm³/mol. The molecule has 6 heterocycles. The van der Waals surface area contributed by atoms with Crippen LogP contribution in [0.3, 0.4) is 0 Å². The number of para-hydroxylation sites is 2. The van der Waals surface area contributed by atoms with Gasteiger partial charge in [-0.3, -0.25) is 67.1 Å². The number of H-pyrrole nitrogens is 3. The van der Waals surface area contributed by atoms with Crippen molar-refractivity contribution in [3.8, 4) is 0 Å². The van der Waals surface area contributed by atoms with E-state index in [1.807, 2.05) is 18.2 Å². The Labute approximate surface area is 605 Å². The third-order valence-corrected chi connectivity index (χ3v) is 19.5. The van der Waals surface area contributed by atoms with Crippen LogP contribution in [0.1, 0.15) is 135 Å². The number of benzene rings is 2. The summed E-state index contributed by atoms with van der Waals surface area (Å²) < 4.78 is 0. The molecule has 4 aliphatic rings. The highest BCUT2D eigenvalue weighted by molar-refractivity contribution is 6.03. The summed E-state index contributed by atoms with van der Waals surface area (Å²) >= 11 is 0. The number of imidazole rings is 1. The Morgan fingerprint density at radius 3 is 1.93 bits per heavy atom. The number of amides is 13. The Bertz CT molecular complexity index is 4010. The molecule has 105 heavy (non-hydrogen) atoms. The Balaban J connectivity index is 1.13. The molecule has 4 unspecified atom stereocenters. The van der Waals surface area contributed by atoms with Crippen molar-refractivity contribution in [3.05, 3.63) is 90.3 Å². The number of aromatic amines is 3. The molecular weight excluding hydrogens is 1360 g/mol. The van der Waals surface area contributed by atoms with Gasteiger partial charge in [0.05, 0.1) is 25.0 Å². The highest BCUT2D eigenvalue weighted by atomic mass is 16.4. The van der Waals surface area contributed by atoms with Crippen LogP contribution < -0.4 is 69.5 Å². The van der Waals surface area contributed by atoms with E-state index in [0.717, 1.165) is 10.9 Å². The molecular formula is C71H98N18O16.